The predicted molar refractivity (Wildman–Crippen MR) is 77.4 cm³/mol. The topological polar surface area (TPSA) is 20.2 Å². The summed E-state index contributed by atoms with van der Waals surface area (Å²) in [5.41, 5.74) is 0.0516. The molecule has 0 spiro atoms. The summed E-state index contributed by atoms with van der Waals surface area (Å²) < 4.78 is 0. The highest BCUT2D eigenvalue weighted by Gasteiger charge is 2.48. The fraction of sp³-hybridized carbons (Fsp3) is 1.00. The van der Waals surface area contributed by atoms with Gasteiger partial charge in [-0.1, -0.05) is 34.6 Å². The second kappa shape index (κ2) is 4.81. The minimum Gasteiger partial charge on any atom is -0.389 e. The second-order valence-electron chi connectivity index (χ2n) is 8.37. The molecule has 0 aromatic carbocycles. The Kier molecular flexibility index (Phi) is 3.84. The number of hydrogen-bond donors (Lipinski definition) is 1. The second-order valence-corrected chi connectivity index (χ2v) is 8.37. The van der Waals surface area contributed by atoms with Crippen molar-refractivity contribution in [3.8, 4) is 0 Å². The van der Waals surface area contributed by atoms with E-state index in [2.05, 4.69) is 34.6 Å². The first kappa shape index (κ1) is 14.4. The van der Waals surface area contributed by atoms with Crippen molar-refractivity contribution in [2.45, 2.75) is 78.7 Å². The zero-order chi connectivity index (χ0) is 13.6. The molecule has 0 saturated heterocycles. The predicted octanol–water partition coefficient (Wildman–Crippen LogP) is 4.64. The summed E-state index contributed by atoms with van der Waals surface area (Å²) in [4.78, 5) is 0. The van der Waals surface area contributed by atoms with Gasteiger partial charge in [0.15, 0.2) is 0 Å². The lowest BCUT2D eigenvalue weighted by Gasteiger charge is -2.51. The molecule has 1 nitrogen and oxygen atoms in total. The van der Waals surface area contributed by atoms with Gasteiger partial charge in [-0.15, -0.1) is 0 Å². The van der Waals surface area contributed by atoms with E-state index >= 15 is 0 Å². The van der Waals surface area contributed by atoms with Gasteiger partial charge in [-0.2, -0.15) is 0 Å². The molecule has 4 unspecified atom stereocenters. The Morgan fingerprint density at radius 2 is 1.44 bits per heavy atom. The molecule has 0 radical (unpaired) electrons. The van der Waals surface area contributed by atoms with Gasteiger partial charge >= 0.3 is 0 Å². The molecule has 2 aliphatic rings. The van der Waals surface area contributed by atoms with E-state index in [-0.39, 0.29) is 5.60 Å². The van der Waals surface area contributed by atoms with E-state index in [1.165, 1.54) is 32.1 Å². The van der Waals surface area contributed by atoms with Gasteiger partial charge in [-0.3, -0.25) is 0 Å². The van der Waals surface area contributed by atoms with Crippen LogP contribution in [-0.2, 0) is 0 Å². The van der Waals surface area contributed by atoms with Crippen molar-refractivity contribution in [3.05, 3.63) is 0 Å². The molecule has 106 valence electrons. The van der Waals surface area contributed by atoms with E-state index in [1.807, 2.05) is 0 Å². The van der Waals surface area contributed by atoms with Crippen LogP contribution in [0.15, 0.2) is 0 Å². The molecule has 0 bridgehead atoms. The quantitative estimate of drug-likeness (QED) is 0.721. The lowest BCUT2D eigenvalue weighted by molar-refractivity contribution is -0.129. The van der Waals surface area contributed by atoms with Crippen LogP contribution in [0.1, 0.15) is 73.1 Å². The Balaban J connectivity index is 2.11. The van der Waals surface area contributed by atoms with Crippen molar-refractivity contribution in [2.24, 2.45) is 29.1 Å². The molecule has 0 aliphatic heterocycles. The van der Waals surface area contributed by atoms with Crippen molar-refractivity contribution < 1.29 is 5.11 Å². The van der Waals surface area contributed by atoms with Crippen molar-refractivity contribution >= 4 is 0 Å². The fourth-order valence-corrected chi connectivity index (χ4v) is 4.85. The Labute approximate surface area is 113 Å². The first-order valence-electron chi connectivity index (χ1n) is 7.95. The summed E-state index contributed by atoms with van der Waals surface area (Å²) in [5, 5.41) is 11.2. The minimum atomic E-state index is -0.377. The first-order chi connectivity index (χ1) is 8.23. The summed E-state index contributed by atoms with van der Waals surface area (Å²) in [5.74, 6) is 2.60. The average Bonchev–Trinajstić information content (AvgIpc) is 2.22. The molecule has 0 aromatic rings. The number of aliphatic hydroxyl groups is 1. The van der Waals surface area contributed by atoms with Gasteiger partial charge in [0.05, 0.1) is 5.60 Å². The Bertz CT molecular complexity index is 286. The van der Waals surface area contributed by atoms with E-state index in [9.17, 15) is 5.11 Å². The summed E-state index contributed by atoms with van der Waals surface area (Å²) in [7, 11) is 0. The van der Waals surface area contributed by atoms with E-state index in [0.29, 0.717) is 17.3 Å². The summed E-state index contributed by atoms with van der Waals surface area (Å²) in [6.07, 6.45) is 7.23. The maximum Gasteiger partial charge on any atom is 0.0701 e. The highest BCUT2D eigenvalue weighted by Crippen LogP contribution is 2.51. The molecule has 4 atom stereocenters. The lowest BCUT2D eigenvalue weighted by atomic mass is 9.57. The Morgan fingerprint density at radius 1 is 0.889 bits per heavy atom. The zero-order valence-corrected chi connectivity index (χ0v) is 13.0. The smallest absolute Gasteiger partial charge is 0.0701 e. The third kappa shape index (κ3) is 2.76. The average molecular weight is 252 g/mol. The summed E-state index contributed by atoms with van der Waals surface area (Å²) >= 11 is 0. The van der Waals surface area contributed by atoms with Crippen LogP contribution < -0.4 is 0 Å². The summed E-state index contributed by atoms with van der Waals surface area (Å²) in [6.45, 7) is 11.7. The van der Waals surface area contributed by atoms with Crippen LogP contribution in [0.2, 0.25) is 0 Å². The van der Waals surface area contributed by atoms with Crippen LogP contribution in [0.5, 0.6) is 0 Å². The number of hydrogen-bond acceptors (Lipinski definition) is 1. The van der Waals surface area contributed by atoms with E-state index < -0.39 is 0 Å². The largest absolute Gasteiger partial charge is 0.389 e. The third-order valence-electron chi connectivity index (χ3n) is 5.80. The van der Waals surface area contributed by atoms with Crippen LogP contribution in [0.4, 0.5) is 0 Å². The maximum atomic E-state index is 11.2. The first-order valence-corrected chi connectivity index (χ1v) is 7.95. The fourth-order valence-electron chi connectivity index (χ4n) is 4.85. The highest BCUT2D eigenvalue weighted by atomic mass is 16.3. The molecular weight excluding hydrogens is 220 g/mol. The standard InChI is InChI=1S/C17H32O/c1-12-8-13(2)10-15(9-12)17(18)7-6-16(4,5)11-14(17)3/h12-15,18H,6-11H2,1-5H3. The van der Waals surface area contributed by atoms with Gasteiger partial charge in [0.25, 0.3) is 0 Å². The Morgan fingerprint density at radius 3 is 1.94 bits per heavy atom. The van der Waals surface area contributed by atoms with Gasteiger partial charge in [-0.25, -0.2) is 0 Å². The monoisotopic (exact) mass is 252 g/mol. The van der Waals surface area contributed by atoms with Crippen LogP contribution in [-0.4, -0.2) is 10.7 Å². The molecule has 2 aliphatic carbocycles. The molecular formula is C17H32O. The highest BCUT2D eigenvalue weighted by molar-refractivity contribution is 4.99. The van der Waals surface area contributed by atoms with Crippen LogP contribution in [0.25, 0.3) is 0 Å². The summed E-state index contributed by atoms with van der Waals surface area (Å²) in [6, 6.07) is 0. The van der Waals surface area contributed by atoms with Crippen LogP contribution in [0.3, 0.4) is 0 Å². The van der Waals surface area contributed by atoms with Gasteiger partial charge in [-0.05, 0) is 67.6 Å². The van der Waals surface area contributed by atoms with E-state index in [4.69, 9.17) is 0 Å². The molecule has 0 aromatic heterocycles. The van der Waals surface area contributed by atoms with Gasteiger partial charge in [0, 0.05) is 0 Å². The SMILES string of the molecule is CC1CC(C)CC(C2(O)CCC(C)(C)CC2C)C1. The van der Waals surface area contributed by atoms with E-state index in [1.54, 1.807) is 0 Å². The maximum absolute atomic E-state index is 11.2. The number of rotatable bonds is 1. The molecule has 1 N–H and O–H groups in total. The molecule has 2 saturated carbocycles. The molecule has 18 heavy (non-hydrogen) atoms. The van der Waals surface area contributed by atoms with Gasteiger partial charge in [0.2, 0.25) is 0 Å². The van der Waals surface area contributed by atoms with Crippen molar-refractivity contribution in [1.82, 2.24) is 0 Å². The van der Waals surface area contributed by atoms with Crippen LogP contribution in [0, 0.1) is 29.1 Å². The molecule has 0 heterocycles. The van der Waals surface area contributed by atoms with Crippen molar-refractivity contribution in [3.63, 3.8) is 0 Å². The normalized spacial score (nSPS) is 49.0. The molecule has 0 amide bonds. The molecule has 1 heteroatoms. The Hall–Kier alpha value is -0.0400. The van der Waals surface area contributed by atoms with Gasteiger partial charge in [0.1, 0.15) is 0 Å². The van der Waals surface area contributed by atoms with Crippen LogP contribution >= 0.6 is 0 Å². The zero-order valence-electron chi connectivity index (χ0n) is 13.0. The minimum absolute atomic E-state index is 0.377. The van der Waals surface area contributed by atoms with E-state index in [0.717, 1.165) is 18.3 Å². The lowest BCUT2D eigenvalue weighted by Crippen LogP contribution is -2.51. The van der Waals surface area contributed by atoms with Gasteiger partial charge < -0.3 is 5.11 Å². The van der Waals surface area contributed by atoms with Crippen molar-refractivity contribution in [1.29, 1.82) is 0 Å². The molecule has 2 fully saturated rings. The van der Waals surface area contributed by atoms with Crippen molar-refractivity contribution in [2.75, 3.05) is 0 Å². The third-order valence-corrected chi connectivity index (χ3v) is 5.80. The molecule has 2 rings (SSSR count).